The Morgan fingerprint density at radius 1 is 0.891 bits per heavy atom. The molecular formula is C36H30N2O7S. The lowest BCUT2D eigenvalue weighted by Crippen LogP contribution is -2.40. The number of rotatable bonds is 9. The van der Waals surface area contributed by atoms with Crippen molar-refractivity contribution in [2.75, 3.05) is 20.3 Å². The highest BCUT2D eigenvalue weighted by Crippen LogP contribution is 2.36. The number of methoxy groups -OCH3 is 1. The molecule has 10 heteroatoms. The van der Waals surface area contributed by atoms with Crippen molar-refractivity contribution in [1.82, 2.24) is 4.57 Å². The molecule has 0 unspecified atom stereocenters. The smallest absolute Gasteiger partial charge is 0.338 e. The molecule has 0 saturated heterocycles. The van der Waals surface area contributed by atoms with Gasteiger partial charge >= 0.3 is 11.9 Å². The Bertz CT molecular complexity index is 2140. The summed E-state index contributed by atoms with van der Waals surface area (Å²) in [6.07, 6.45) is 1.65. The monoisotopic (exact) mass is 634 g/mol. The minimum Gasteiger partial charge on any atom is -0.497 e. The van der Waals surface area contributed by atoms with Crippen LogP contribution >= 0.6 is 11.3 Å². The topological polar surface area (TPSA) is 109 Å². The van der Waals surface area contributed by atoms with E-state index in [0.717, 1.165) is 5.56 Å². The molecule has 1 aliphatic heterocycles. The van der Waals surface area contributed by atoms with E-state index in [2.05, 4.69) is 0 Å². The molecule has 0 spiro atoms. The Balaban J connectivity index is 1.51. The predicted molar refractivity (Wildman–Crippen MR) is 174 cm³/mol. The highest BCUT2D eigenvalue weighted by Gasteiger charge is 2.35. The van der Waals surface area contributed by atoms with Gasteiger partial charge in [0.05, 0.1) is 47.7 Å². The fourth-order valence-electron chi connectivity index (χ4n) is 5.30. The molecule has 3 aromatic carbocycles. The molecule has 0 bridgehead atoms. The fraction of sp³-hybridized carbons (Fsp3) is 0.167. The fourth-order valence-corrected chi connectivity index (χ4v) is 6.28. The Labute approximate surface area is 268 Å². The quantitative estimate of drug-likeness (QED) is 0.200. The third-order valence-electron chi connectivity index (χ3n) is 7.34. The minimum absolute atomic E-state index is 0.156. The van der Waals surface area contributed by atoms with Crippen molar-refractivity contribution < 1.29 is 28.2 Å². The number of hydrogen-bond donors (Lipinski definition) is 0. The second-order valence-electron chi connectivity index (χ2n) is 10.2. The van der Waals surface area contributed by atoms with Crippen LogP contribution in [0.25, 0.3) is 23.1 Å². The summed E-state index contributed by atoms with van der Waals surface area (Å²) in [6.45, 7) is 3.92. The van der Waals surface area contributed by atoms with Crippen LogP contribution in [-0.2, 0) is 14.3 Å². The molecule has 1 aliphatic rings. The van der Waals surface area contributed by atoms with Gasteiger partial charge in [-0.2, -0.15) is 0 Å². The zero-order chi connectivity index (χ0) is 32.2. The van der Waals surface area contributed by atoms with E-state index in [1.54, 1.807) is 69.5 Å². The van der Waals surface area contributed by atoms with Gasteiger partial charge in [0.25, 0.3) is 5.56 Å². The molecule has 0 amide bonds. The van der Waals surface area contributed by atoms with Crippen LogP contribution in [-0.4, -0.2) is 36.8 Å². The van der Waals surface area contributed by atoms with Crippen molar-refractivity contribution in [2.45, 2.75) is 19.9 Å². The maximum Gasteiger partial charge on any atom is 0.338 e. The Hall–Kier alpha value is -5.48. The van der Waals surface area contributed by atoms with Crippen LogP contribution in [0.1, 0.15) is 47.1 Å². The van der Waals surface area contributed by atoms with E-state index in [0.29, 0.717) is 49.0 Å². The highest BCUT2D eigenvalue weighted by molar-refractivity contribution is 7.07. The van der Waals surface area contributed by atoms with E-state index < -0.39 is 18.0 Å². The lowest BCUT2D eigenvalue weighted by molar-refractivity contribution is -0.138. The van der Waals surface area contributed by atoms with Gasteiger partial charge in [0.15, 0.2) is 4.80 Å². The van der Waals surface area contributed by atoms with Crippen molar-refractivity contribution in [1.29, 1.82) is 0 Å². The lowest BCUT2D eigenvalue weighted by Gasteiger charge is -2.26. The van der Waals surface area contributed by atoms with Gasteiger partial charge in [-0.3, -0.25) is 9.36 Å². The molecule has 3 heterocycles. The normalized spacial score (nSPS) is 14.4. The molecule has 1 atom stereocenters. The first-order valence-corrected chi connectivity index (χ1v) is 15.5. The second-order valence-corrected chi connectivity index (χ2v) is 11.2. The maximum absolute atomic E-state index is 14.2. The van der Waals surface area contributed by atoms with Crippen LogP contribution in [0.5, 0.6) is 5.75 Å². The van der Waals surface area contributed by atoms with E-state index in [1.807, 2.05) is 48.5 Å². The average molecular weight is 635 g/mol. The van der Waals surface area contributed by atoms with Gasteiger partial charge in [-0.15, -0.1) is 0 Å². The van der Waals surface area contributed by atoms with Crippen molar-refractivity contribution in [2.24, 2.45) is 4.99 Å². The summed E-state index contributed by atoms with van der Waals surface area (Å²) in [4.78, 5) is 45.3. The lowest BCUT2D eigenvalue weighted by atomic mass is 9.93. The molecule has 2 aromatic heterocycles. The van der Waals surface area contributed by atoms with Crippen LogP contribution in [0, 0.1) is 0 Å². The molecule has 0 fully saturated rings. The number of furan rings is 1. The molecule has 5 aromatic rings. The zero-order valence-electron chi connectivity index (χ0n) is 25.4. The van der Waals surface area contributed by atoms with E-state index in [-0.39, 0.29) is 24.3 Å². The number of benzene rings is 3. The predicted octanol–water partition coefficient (Wildman–Crippen LogP) is 5.38. The summed E-state index contributed by atoms with van der Waals surface area (Å²) >= 11 is 1.20. The number of esters is 2. The third-order valence-corrected chi connectivity index (χ3v) is 8.32. The van der Waals surface area contributed by atoms with Gasteiger partial charge in [-0.05, 0) is 55.8 Å². The summed E-state index contributed by atoms with van der Waals surface area (Å²) in [5.74, 6) is 0.562. The number of hydrogen-bond acceptors (Lipinski definition) is 9. The SMILES string of the molecule is CCOC(=O)C1=C(c2ccccc2)N=c2s/c(=C\c3ccc(-c4cccc(C(=O)OCC)c4)o3)c(=O)n2[C@H]1c1cccc(OC)c1. The average Bonchev–Trinajstić information content (AvgIpc) is 3.68. The number of ether oxygens (including phenoxy) is 3. The first-order chi connectivity index (χ1) is 22.4. The van der Waals surface area contributed by atoms with Crippen molar-refractivity contribution in [3.63, 3.8) is 0 Å². The first-order valence-electron chi connectivity index (χ1n) is 14.7. The number of thiazole rings is 1. The number of nitrogens with zero attached hydrogens (tertiary/aromatic N) is 2. The number of fused-ring (bicyclic) bond motifs is 1. The van der Waals surface area contributed by atoms with Crippen LogP contribution < -0.4 is 19.6 Å². The standard InChI is InChI=1S/C36H30N2O7S/c1-4-43-34(40)25-15-9-13-23(19-25)28-18-17-27(45-28)21-29-33(39)38-32(24-14-10-16-26(20-24)42-3)30(35(41)44-5-2)31(37-36(38)46-29)22-11-7-6-8-12-22/h6-21,32H,4-5H2,1-3H3/b29-21-/t32-/m0/s1. The number of carbonyl (C=O) groups is 2. The van der Waals surface area contributed by atoms with Crippen molar-refractivity contribution in [3.8, 4) is 17.1 Å². The molecular weight excluding hydrogens is 604 g/mol. The van der Waals surface area contributed by atoms with Crippen LogP contribution in [0.15, 0.2) is 111 Å². The summed E-state index contributed by atoms with van der Waals surface area (Å²) in [7, 11) is 1.56. The third kappa shape index (κ3) is 5.94. The first kappa shape index (κ1) is 30.5. The van der Waals surface area contributed by atoms with Gasteiger partial charge in [0, 0.05) is 17.2 Å². The van der Waals surface area contributed by atoms with Crippen LogP contribution in [0.4, 0.5) is 0 Å². The molecule has 9 nitrogen and oxygen atoms in total. The van der Waals surface area contributed by atoms with Gasteiger partial charge in [-0.25, -0.2) is 14.6 Å². The zero-order valence-corrected chi connectivity index (χ0v) is 26.2. The van der Waals surface area contributed by atoms with Crippen LogP contribution in [0.2, 0.25) is 0 Å². The Morgan fingerprint density at radius 2 is 1.63 bits per heavy atom. The second kappa shape index (κ2) is 13.3. The number of carbonyl (C=O) groups excluding carboxylic acids is 2. The largest absolute Gasteiger partial charge is 0.497 e. The molecule has 0 N–H and O–H groups in total. The van der Waals surface area contributed by atoms with E-state index in [9.17, 15) is 14.4 Å². The minimum atomic E-state index is -0.833. The molecule has 0 saturated carbocycles. The number of aromatic nitrogens is 1. The molecule has 0 aliphatic carbocycles. The van der Waals surface area contributed by atoms with Crippen LogP contribution in [0.3, 0.4) is 0 Å². The summed E-state index contributed by atoms with van der Waals surface area (Å²) < 4.78 is 24.1. The van der Waals surface area contributed by atoms with Gasteiger partial charge in [0.2, 0.25) is 0 Å². The van der Waals surface area contributed by atoms with Gasteiger partial charge in [0.1, 0.15) is 17.3 Å². The van der Waals surface area contributed by atoms with Gasteiger partial charge < -0.3 is 18.6 Å². The van der Waals surface area contributed by atoms with E-state index in [4.69, 9.17) is 23.6 Å². The molecule has 46 heavy (non-hydrogen) atoms. The Morgan fingerprint density at radius 3 is 2.39 bits per heavy atom. The molecule has 0 radical (unpaired) electrons. The summed E-state index contributed by atoms with van der Waals surface area (Å²) in [5.41, 5.74) is 2.83. The highest BCUT2D eigenvalue weighted by atomic mass is 32.1. The van der Waals surface area contributed by atoms with Crippen molar-refractivity contribution >= 4 is 35.0 Å². The summed E-state index contributed by atoms with van der Waals surface area (Å²) in [6, 6.07) is 26.3. The maximum atomic E-state index is 14.2. The van der Waals surface area contributed by atoms with Crippen molar-refractivity contribution in [3.05, 3.63) is 139 Å². The van der Waals surface area contributed by atoms with E-state index in [1.165, 1.54) is 15.9 Å². The van der Waals surface area contributed by atoms with Gasteiger partial charge in [-0.1, -0.05) is 65.9 Å². The Kier molecular flexibility index (Phi) is 8.80. The van der Waals surface area contributed by atoms with E-state index >= 15 is 0 Å². The summed E-state index contributed by atoms with van der Waals surface area (Å²) in [5, 5.41) is 0. The molecule has 232 valence electrons. The molecule has 6 rings (SSSR count).